The highest BCUT2D eigenvalue weighted by Gasteiger charge is 2.29. The van der Waals surface area contributed by atoms with Gasteiger partial charge < -0.3 is 25.8 Å². The van der Waals surface area contributed by atoms with Gasteiger partial charge in [0.05, 0.1) is 5.56 Å². The van der Waals surface area contributed by atoms with E-state index in [-0.39, 0.29) is 51.9 Å². The lowest BCUT2D eigenvalue weighted by molar-refractivity contribution is -0.120. The first kappa shape index (κ1) is 19.7. The zero-order valence-corrected chi connectivity index (χ0v) is 16.0. The van der Waals surface area contributed by atoms with Crippen LogP contribution in [0, 0.1) is 5.92 Å². The van der Waals surface area contributed by atoms with Crippen molar-refractivity contribution in [2.75, 3.05) is 5.32 Å². The van der Waals surface area contributed by atoms with Gasteiger partial charge in [-0.1, -0.05) is 38.3 Å². The van der Waals surface area contributed by atoms with Gasteiger partial charge in [0.2, 0.25) is 5.91 Å². The molecule has 150 valence electrons. The van der Waals surface area contributed by atoms with E-state index in [1.165, 1.54) is 6.07 Å². The molecule has 2 aromatic rings. The van der Waals surface area contributed by atoms with Crippen LogP contribution in [0.2, 0.25) is 0 Å². The summed E-state index contributed by atoms with van der Waals surface area (Å²) in [5.41, 5.74) is 6.00. The molecule has 1 aliphatic carbocycles. The van der Waals surface area contributed by atoms with Crippen molar-refractivity contribution < 1.29 is 24.3 Å². The number of carbonyl (C=O) groups excluding carboxylic acids is 2. The van der Waals surface area contributed by atoms with E-state index in [2.05, 4.69) is 10.5 Å². The van der Waals surface area contributed by atoms with Gasteiger partial charge in [-0.3, -0.25) is 9.59 Å². The molecule has 1 aliphatic rings. The third kappa shape index (κ3) is 3.81. The standard InChI is InChI=1S/C20H25N3O5/c1-10(2)12-8-13(15(25)9-14(12)24)18-16(17(19(21)26)23-28-18)22-20(27)11-6-4-3-5-7-11/h8-11,24-25H,3-7H2,1-2H3,(H2,21,26)(H,22,27). The third-order valence-corrected chi connectivity index (χ3v) is 5.16. The highest BCUT2D eigenvalue weighted by molar-refractivity contribution is 6.05. The molecule has 0 unspecified atom stereocenters. The van der Waals surface area contributed by atoms with Gasteiger partial charge >= 0.3 is 0 Å². The molecule has 1 heterocycles. The van der Waals surface area contributed by atoms with Crippen molar-refractivity contribution in [1.29, 1.82) is 0 Å². The Kier molecular flexibility index (Phi) is 5.58. The van der Waals surface area contributed by atoms with Crippen LogP contribution in [-0.4, -0.2) is 27.2 Å². The van der Waals surface area contributed by atoms with Crippen LogP contribution in [0.5, 0.6) is 11.5 Å². The van der Waals surface area contributed by atoms with E-state index in [4.69, 9.17) is 10.3 Å². The minimum Gasteiger partial charge on any atom is -0.508 e. The molecular formula is C20H25N3O5. The van der Waals surface area contributed by atoms with Gasteiger partial charge in [0.25, 0.3) is 5.91 Å². The molecule has 8 nitrogen and oxygen atoms in total. The van der Waals surface area contributed by atoms with Crippen LogP contribution in [-0.2, 0) is 4.79 Å². The van der Waals surface area contributed by atoms with Crippen LogP contribution in [0.4, 0.5) is 5.69 Å². The summed E-state index contributed by atoms with van der Waals surface area (Å²) in [6, 6.07) is 2.75. The average molecular weight is 387 g/mol. The Morgan fingerprint density at radius 3 is 2.46 bits per heavy atom. The topological polar surface area (TPSA) is 139 Å². The second kappa shape index (κ2) is 7.92. The van der Waals surface area contributed by atoms with E-state index in [9.17, 15) is 19.8 Å². The number of phenols is 2. The molecule has 0 bridgehead atoms. The van der Waals surface area contributed by atoms with Gasteiger partial charge in [0.15, 0.2) is 11.5 Å². The molecular weight excluding hydrogens is 362 g/mol. The van der Waals surface area contributed by atoms with Crippen molar-refractivity contribution in [2.45, 2.75) is 51.9 Å². The molecule has 1 saturated carbocycles. The predicted octanol–water partition coefficient (Wildman–Crippen LogP) is 3.49. The van der Waals surface area contributed by atoms with E-state index in [0.29, 0.717) is 5.56 Å². The Balaban J connectivity index is 2.04. The Morgan fingerprint density at radius 2 is 1.86 bits per heavy atom. The van der Waals surface area contributed by atoms with Crippen LogP contribution < -0.4 is 11.1 Å². The third-order valence-electron chi connectivity index (χ3n) is 5.16. The lowest BCUT2D eigenvalue weighted by Crippen LogP contribution is -2.26. The zero-order valence-electron chi connectivity index (χ0n) is 16.0. The number of benzene rings is 1. The maximum Gasteiger partial charge on any atom is 0.273 e. The normalized spacial score (nSPS) is 15.0. The largest absolute Gasteiger partial charge is 0.508 e. The molecule has 0 radical (unpaired) electrons. The first-order valence-corrected chi connectivity index (χ1v) is 9.46. The highest BCUT2D eigenvalue weighted by Crippen LogP contribution is 2.42. The molecule has 0 spiro atoms. The molecule has 0 atom stereocenters. The molecule has 1 fully saturated rings. The number of aromatic nitrogens is 1. The smallest absolute Gasteiger partial charge is 0.273 e. The molecule has 8 heteroatoms. The fourth-order valence-corrected chi connectivity index (χ4v) is 3.59. The Labute approximate surface area is 162 Å². The number of aromatic hydroxyl groups is 2. The van der Waals surface area contributed by atoms with E-state index in [1.54, 1.807) is 6.07 Å². The lowest BCUT2D eigenvalue weighted by atomic mass is 9.88. The van der Waals surface area contributed by atoms with Crippen LogP contribution in [0.1, 0.15) is 67.9 Å². The quantitative estimate of drug-likeness (QED) is 0.619. The average Bonchev–Trinajstić information content (AvgIpc) is 3.05. The SMILES string of the molecule is CC(C)c1cc(-c2onc(C(N)=O)c2NC(=O)C2CCCCC2)c(O)cc1O. The van der Waals surface area contributed by atoms with Gasteiger partial charge in [-0.05, 0) is 30.4 Å². The number of nitrogens with one attached hydrogen (secondary N) is 1. The molecule has 1 aromatic heterocycles. The fraction of sp³-hybridized carbons (Fsp3) is 0.450. The molecule has 1 aromatic carbocycles. The molecule has 0 saturated heterocycles. The number of amides is 2. The fourth-order valence-electron chi connectivity index (χ4n) is 3.59. The number of rotatable bonds is 5. The summed E-state index contributed by atoms with van der Waals surface area (Å²) in [6.07, 6.45) is 4.62. The molecule has 28 heavy (non-hydrogen) atoms. The van der Waals surface area contributed by atoms with Crippen molar-refractivity contribution in [1.82, 2.24) is 5.16 Å². The molecule has 5 N–H and O–H groups in total. The Bertz CT molecular complexity index is 897. The second-order valence-corrected chi connectivity index (χ2v) is 7.51. The van der Waals surface area contributed by atoms with Crippen molar-refractivity contribution in [2.24, 2.45) is 11.7 Å². The van der Waals surface area contributed by atoms with Crippen molar-refractivity contribution in [3.63, 3.8) is 0 Å². The number of hydrogen-bond donors (Lipinski definition) is 4. The number of nitrogens with zero attached hydrogens (tertiary/aromatic N) is 1. The monoisotopic (exact) mass is 387 g/mol. The summed E-state index contributed by atoms with van der Waals surface area (Å²) in [7, 11) is 0. The summed E-state index contributed by atoms with van der Waals surface area (Å²) >= 11 is 0. The van der Waals surface area contributed by atoms with Crippen LogP contribution in [0.15, 0.2) is 16.7 Å². The first-order valence-electron chi connectivity index (χ1n) is 9.46. The van der Waals surface area contributed by atoms with Gasteiger partial charge in [-0.2, -0.15) is 0 Å². The minimum absolute atomic E-state index is 0.0253. The maximum absolute atomic E-state index is 12.7. The number of phenolic OH excluding ortho intramolecular Hbond substituents is 2. The number of hydrogen-bond acceptors (Lipinski definition) is 6. The van der Waals surface area contributed by atoms with Crippen LogP contribution >= 0.6 is 0 Å². The summed E-state index contributed by atoms with van der Waals surface area (Å²) in [6.45, 7) is 3.77. The van der Waals surface area contributed by atoms with E-state index < -0.39 is 5.91 Å². The second-order valence-electron chi connectivity index (χ2n) is 7.51. The van der Waals surface area contributed by atoms with E-state index >= 15 is 0 Å². The van der Waals surface area contributed by atoms with Gasteiger partial charge in [-0.25, -0.2) is 0 Å². The molecule has 2 amide bonds. The van der Waals surface area contributed by atoms with Crippen LogP contribution in [0.25, 0.3) is 11.3 Å². The maximum atomic E-state index is 12.7. The van der Waals surface area contributed by atoms with E-state index in [1.807, 2.05) is 13.8 Å². The van der Waals surface area contributed by atoms with Crippen LogP contribution in [0.3, 0.4) is 0 Å². The number of nitrogens with two attached hydrogens (primary N) is 1. The summed E-state index contributed by atoms with van der Waals surface area (Å²) in [4.78, 5) is 24.5. The number of primary amides is 1. The van der Waals surface area contributed by atoms with Crippen molar-refractivity contribution in [3.8, 4) is 22.8 Å². The number of carbonyl (C=O) groups is 2. The van der Waals surface area contributed by atoms with Gasteiger partial charge in [0, 0.05) is 12.0 Å². The summed E-state index contributed by atoms with van der Waals surface area (Å²) in [5.74, 6) is -1.56. The Morgan fingerprint density at radius 1 is 1.18 bits per heavy atom. The minimum atomic E-state index is -0.851. The van der Waals surface area contributed by atoms with Gasteiger partial charge in [0.1, 0.15) is 17.2 Å². The van der Waals surface area contributed by atoms with Crippen molar-refractivity contribution >= 4 is 17.5 Å². The summed E-state index contributed by atoms with van der Waals surface area (Å²) in [5, 5.41) is 26.8. The van der Waals surface area contributed by atoms with Gasteiger partial charge in [-0.15, -0.1) is 0 Å². The lowest BCUT2D eigenvalue weighted by Gasteiger charge is -2.20. The zero-order chi connectivity index (χ0) is 20.4. The molecule has 3 rings (SSSR count). The predicted molar refractivity (Wildman–Crippen MR) is 103 cm³/mol. The highest BCUT2D eigenvalue weighted by atomic mass is 16.5. The summed E-state index contributed by atoms with van der Waals surface area (Å²) < 4.78 is 5.28. The van der Waals surface area contributed by atoms with Crippen molar-refractivity contribution in [3.05, 3.63) is 23.4 Å². The Hall–Kier alpha value is -3.03. The number of anilines is 1. The van der Waals surface area contributed by atoms with E-state index in [0.717, 1.165) is 32.1 Å². The molecule has 0 aliphatic heterocycles. The first-order chi connectivity index (χ1) is 13.3.